The second kappa shape index (κ2) is 3.64. The van der Waals surface area contributed by atoms with Crippen LogP contribution < -0.4 is 0 Å². The predicted octanol–water partition coefficient (Wildman–Crippen LogP) is 3.18. The third-order valence-electron chi connectivity index (χ3n) is 3.41. The molecule has 2 heteroatoms. The van der Waals surface area contributed by atoms with Crippen molar-refractivity contribution in [3.8, 4) is 0 Å². The van der Waals surface area contributed by atoms with Crippen LogP contribution in [0.2, 0.25) is 0 Å². The van der Waals surface area contributed by atoms with Crippen molar-refractivity contribution in [2.75, 3.05) is 18.8 Å². The highest BCUT2D eigenvalue weighted by atomic mass is 32.3. The Morgan fingerprint density at radius 3 is 1.62 bits per heavy atom. The first kappa shape index (κ1) is 13.0. The first-order valence-corrected chi connectivity index (χ1v) is 8.76. The monoisotopic (exact) mass is 205 g/mol. The zero-order valence-electron chi connectivity index (χ0n) is 10.5. The highest BCUT2D eigenvalue weighted by Crippen LogP contribution is 2.64. The maximum atomic E-state index is 4.72. The van der Waals surface area contributed by atoms with Crippen LogP contribution in [-0.4, -0.2) is 35.1 Å². The third kappa shape index (κ3) is 3.01. The average Bonchev–Trinajstić information content (AvgIpc) is 1.84. The van der Waals surface area contributed by atoms with Crippen molar-refractivity contribution in [1.29, 1.82) is 0 Å². The van der Waals surface area contributed by atoms with Gasteiger partial charge in [-0.25, -0.2) is 0 Å². The van der Waals surface area contributed by atoms with Gasteiger partial charge >= 0.3 is 0 Å². The first-order valence-electron chi connectivity index (χ1n) is 5.11. The Morgan fingerprint density at radius 2 is 1.38 bits per heavy atom. The molecule has 82 valence electrons. The van der Waals surface area contributed by atoms with Crippen molar-refractivity contribution in [3.63, 3.8) is 0 Å². The van der Waals surface area contributed by atoms with E-state index in [1.165, 1.54) is 5.04 Å². The van der Waals surface area contributed by atoms with Crippen LogP contribution in [-0.2, 0) is 0 Å². The number of hydrogen-bond donors (Lipinski definition) is 1. The molecule has 0 saturated carbocycles. The van der Waals surface area contributed by atoms with E-state index in [2.05, 4.69) is 53.4 Å². The zero-order valence-corrected chi connectivity index (χ0v) is 11.4. The number of rotatable bonds is 2. The van der Waals surface area contributed by atoms with Crippen LogP contribution in [0.1, 0.15) is 34.6 Å². The van der Waals surface area contributed by atoms with Gasteiger partial charge in [0.1, 0.15) is 0 Å². The molecule has 0 aromatic heterocycles. The van der Waals surface area contributed by atoms with E-state index in [1.54, 1.807) is 0 Å². The summed E-state index contributed by atoms with van der Waals surface area (Å²) in [5, 5.41) is 2.12. The largest absolute Gasteiger partial charge is 0.284 e. The van der Waals surface area contributed by atoms with E-state index in [9.17, 15) is 0 Å². The van der Waals surface area contributed by atoms with Crippen molar-refractivity contribution in [2.24, 2.45) is 4.99 Å². The lowest BCUT2D eigenvalue weighted by Crippen LogP contribution is -2.31. The van der Waals surface area contributed by atoms with Gasteiger partial charge in [-0.3, -0.25) is 14.2 Å². The van der Waals surface area contributed by atoms with Crippen LogP contribution in [0.25, 0.3) is 0 Å². The molecule has 0 aromatic rings. The molecule has 0 radical (unpaired) electrons. The Bertz CT molecular complexity index is 206. The van der Waals surface area contributed by atoms with Gasteiger partial charge in [0, 0.05) is 11.1 Å². The standard InChI is InChI=1S/C11H27NS/c1-9(2)12-11(5)13(6,7,8)10(3)4/h9-10,13H,1-8H3/b12-11-. The summed E-state index contributed by atoms with van der Waals surface area (Å²) in [7, 11) is -1.67. The van der Waals surface area contributed by atoms with Gasteiger partial charge in [0.2, 0.25) is 0 Å². The summed E-state index contributed by atoms with van der Waals surface area (Å²) in [6.07, 6.45) is 7.24. The SMILES string of the molecule is C/C(=N/C(C)C)[SH](C)(C)(C)C(C)C. The topological polar surface area (TPSA) is 12.4 Å². The van der Waals surface area contributed by atoms with Gasteiger partial charge in [-0.2, -0.15) is 0 Å². The Balaban J connectivity index is 5.03. The number of thiol groups is 1. The summed E-state index contributed by atoms with van der Waals surface area (Å²) in [5.41, 5.74) is 0. The molecule has 0 aromatic carbocycles. The molecule has 0 aliphatic rings. The van der Waals surface area contributed by atoms with Gasteiger partial charge in [-0.15, -0.1) is 0 Å². The minimum absolute atomic E-state index is 0.431. The van der Waals surface area contributed by atoms with Crippen LogP contribution >= 0.6 is 9.16 Å². The molecule has 0 atom stereocenters. The molecule has 0 amide bonds. The van der Waals surface area contributed by atoms with Crippen LogP contribution in [0.15, 0.2) is 4.99 Å². The van der Waals surface area contributed by atoms with E-state index in [0.717, 1.165) is 5.25 Å². The van der Waals surface area contributed by atoms with E-state index in [0.29, 0.717) is 6.04 Å². The van der Waals surface area contributed by atoms with E-state index < -0.39 is 9.16 Å². The fourth-order valence-electron chi connectivity index (χ4n) is 0.954. The van der Waals surface area contributed by atoms with E-state index in [1.807, 2.05) is 0 Å². The molecule has 0 fully saturated rings. The van der Waals surface area contributed by atoms with Crippen LogP contribution in [0.5, 0.6) is 0 Å². The molecule has 0 rings (SSSR count). The molecule has 0 heterocycles. The third-order valence-corrected chi connectivity index (χ3v) is 9.46. The number of aliphatic imine (C=N–C) groups is 1. The summed E-state index contributed by atoms with van der Waals surface area (Å²) in [6.45, 7) is 11.1. The molecule has 13 heavy (non-hydrogen) atoms. The Hall–Kier alpha value is 0.0200. The van der Waals surface area contributed by atoms with Crippen LogP contribution in [0.3, 0.4) is 0 Å². The summed E-state index contributed by atoms with van der Waals surface area (Å²) in [4.78, 5) is 4.72. The lowest BCUT2D eigenvalue weighted by atomic mass is 10.4. The van der Waals surface area contributed by atoms with Gasteiger partial charge in [-0.05, 0) is 44.8 Å². The van der Waals surface area contributed by atoms with Gasteiger partial charge in [0.05, 0.1) is 0 Å². The Morgan fingerprint density at radius 1 is 1.00 bits per heavy atom. The second-order valence-electron chi connectivity index (χ2n) is 5.78. The first-order chi connectivity index (χ1) is 5.56. The lowest BCUT2D eigenvalue weighted by Gasteiger charge is -2.55. The minimum atomic E-state index is -1.67. The zero-order chi connectivity index (χ0) is 10.9. The number of hydrogen-bond acceptors (Lipinski definition) is 1. The van der Waals surface area contributed by atoms with Crippen molar-refractivity contribution in [1.82, 2.24) is 0 Å². The highest BCUT2D eigenvalue weighted by Gasteiger charge is 2.32. The molecule has 0 bridgehead atoms. The fourth-order valence-corrected chi connectivity index (χ4v) is 2.35. The average molecular weight is 205 g/mol. The highest BCUT2D eigenvalue weighted by molar-refractivity contribution is 8.59. The summed E-state index contributed by atoms with van der Waals surface area (Å²) in [5.74, 6) is 0. The maximum absolute atomic E-state index is 4.72. The van der Waals surface area contributed by atoms with Crippen LogP contribution in [0, 0.1) is 0 Å². The Kier molecular flexibility index (Phi) is 3.65. The quantitative estimate of drug-likeness (QED) is 0.404. The molecule has 0 aliphatic carbocycles. The minimum Gasteiger partial charge on any atom is -0.284 e. The predicted molar refractivity (Wildman–Crippen MR) is 70.1 cm³/mol. The van der Waals surface area contributed by atoms with E-state index in [4.69, 9.17) is 4.99 Å². The molecule has 0 N–H and O–H groups in total. The van der Waals surface area contributed by atoms with E-state index >= 15 is 0 Å². The lowest BCUT2D eigenvalue weighted by molar-refractivity contribution is 0.838. The maximum Gasteiger partial charge on any atom is 0.0451 e. The molecule has 0 aliphatic heterocycles. The second-order valence-corrected chi connectivity index (χ2v) is 13.3. The summed E-state index contributed by atoms with van der Waals surface area (Å²) in [6, 6.07) is 0.431. The Labute approximate surface area is 84.3 Å². The van der Waals surface area contributed by atoms with E-state index in [-0.39, 0.29) is 0 Å². The fraction of sp³-hybridized carbons (Fsp3) is 0.909. The molecule has 0 saturated heterocycles. The van der Waals surface area contributed by atoms with Gasteiger partial charge in [0.25, 0.3) is 0 Å². The smallest absolute Gasteiger partial charge is 0.0451 e. The molecule has 0 unspecified atom stereocenters. The number of nitrogens with zero attached hydrogens (tertiary/aromatic N) is 1. The van der Waals surface area contributed by atoms with Crippen molar-refractivity contribution < 1.29 is 0 Å². The molecular formula is C11H27NS. The van der Waals surface area contributed by atoms with Crippen molar-refractivity contribution in [3.05, 3.63) is 0 Å². The van der Waals surface area contributed by atoms with Crippen molar-refractivity contribution in [2.45, 2.75) is 45.9 Å². The van der Waals surface area contributed by atoms with Gasteiger partial charge in [-0.1, -0.05) is 13.8 Å². The normalized spacial score (nSPS) is 17.7. The van der Waals surface area contributed by atoms with Crippen LogP contribution in [0.4, 0.5) is 0 Å². The molecule has 0 spiro atoms. The van der Waals surface area contributed by atoms with Crippen molar-refractivity contribution >= 4 is 14.2 Å². The molecule has 1 nitrogen and oxygen atoms in total. The summed E-state index contributed by atoms with van der Waals surface area (Å²) >= 11 is 0. The summed E-state index contributed by atoms with van der Waals surface area (Å²) < 4.78 is 0. The van der Waals surface area contributed by atoms with Gasteiger partial charge < -0.3 is 0 Å². The molecular weight excluding hydrogens is 178 g/mol. The van der Waals surface area contributed by atoms with Gasteiger partial charge in [0.15, 0.2) is 0 Å².